The molecule has 0 fully saturated rings. The SMILES string of the molecule is COC(=O)C1=[N+]([O-])O[C@@H](C(=O)OC)[C@@H]1c1cccc(Cl)c1. The number of halogens is 1. The standard InChI is InChI=1S/C13H12ClNO6/c1-19-12(16)10-9(7-4-3-5-8(14)6-7)11(13(17)20-2)21-15(10)18/h3-6,9,11H,1-2H3/t9-,11-/m1/s1. The van der Waals surface area contributed by atoms with Gasteiger partial charge in [-0.15, -0.1) is 0 Å². The molecule has 2 atom stereocenters. The van der Waals surface area contributed by atoms with Crippen LogP contribution in [-0.2, 0) is 23.9 Å². The fourth-order valence-electron chi connectivity index (χ4n) is 2.11. The summed E-state index contributed by atoms with van der Waals surface area (Å²) in [5, 5.41) is 12.2. The van der Waals surface area contributed by atoms with Gasteiger partial charge >= 0.3 is 17.7 Å². The Bertz CT molecular complexity index is 614. The minimum atomic E-state index is -1.28. The van der Waals surface area contributed by atoms with E-state index >= 15 is 0 Å². The maximum absolute atomic E-state index is 11.8. The Kier molecular flexibility index (Phi) is 4.32. The molecule has 21 heavy (non-hydrogen) atoms. The van der Waals surface area contributed by atoms with Crippen molar-refractivity contribution in [3.05, 3.63) is 40.1 Å². The second kappa shape index (κ2) is 6.01. The van der Waals surface area contributed by atoms with Gasteiger partial charge in [-0.05, 0) is 17.7 Å². The summed E-state index contributed by atoms with van der Waals surface area (Å²) in [6, 6.07) is 6.42. The van der Waals surface area contributed by atoms with Crippen LogP contribution in [-0.4, -0.2) is 42.9 Å². The van der Waals surface area contributed by atoms with Crippen molar-refractivity contribution in [2.45, 2.75) is 12.0 Å². The van der Waals surface area contributed by atoms with Crippen LogP contribution < -0.4 is 0 Å². The Hall–Kier alpha value is -2.28. The maximum Gasteiger partial charge on any atom is 0.405 e. The van der Waals surface area contributed by atoms with E-state index in [4.69, 9.17) is 16.4 Å². The van der Waals surface area contributed by atoms with Crippen LogP contribution in [0.15, 0.2) is 24.3 Å². The molecule has 8 heteroatoms. The molecule has 0 saturated heterocycles. The van der Waals surface area contributed by atoms with E-state index in [1.807, 2.05) is 0 Å². The number of hydrogen-bond acceptors (Lipinski definition) is 6. The van der Waals surface area contributed by atoms with Crippen LogP contribution >= 0.6 is 11.6 Å². The number of esters is 2. The minimum Gasteiger partial charge on any atom is -0.468 e. The van der Waals surface area contributed by atoms with Crippen molar-refractivity contribution >= 4 is 29.3 Å². The Morgan fingerprint density at radius 2 is 2.05 bits per heavy atom. The van der Waals surface area contributed by atoms with Crippen LogP contribution in [0.3, 0.4) is 0 Å². The van der Waals surface area contributed by atoms with Crippen molar-refractivity contribution < 1.29 is 28.8 Å². The highest BCUT2D eigenvalue weighted by molar-refractivity contribution is 6.37. The Morgan fingerprint density at radius 1 is 1.33 bits per heavy atom. The van der Waals surface area contributed by atoms with Crippen LogP contribution in [0.2, 0.25) is 5.02 Å². The van der Waals surface area contributed by atoms with Gasteiger partial charge in [0.15, 0.2) is 6.10 Å². The molecular weight excluding hydrogens is 302 g/mol. The normalized spacial score (nSPS) is 20.9. The van der Waals surface area contributed by atoms with E-state index in [2.05, 4.69) is 9.47 Å². The Labute approximate surface area is 125 Å². The molecule has 0 unspecified atom stereocenters. The first-order chi connectivity index (χ1) is 9.99. The summed E-state index contributed by atoms with van der Waals surface area (Å²) in [5.41, 5.74) is 0.131. The van der Waals surface area contributed by atoms with Crippen molar-refractivity contribution in [3.63, 3.8) is 0 Å². The monoisotopic (exact) mass is 313 g/mol. The van der Waals surface area contributed by atoms with Gasteiger partial charge < -0.3 is 14.3 Å². The molecule has 1 aromatic carbocycles. The second-order valence-electron chi connectivity index (χ2n) is 4.22. The largest absolute Gasteiger partial charge is 0.468 e. The molecule has 0 radical (unpaired) electrons. The van der Waals surface area contributed by atoms with Gasteiger partial charge in [0.25, 0.3) is 0 Å². The van der Waals surface area contributed by atoms with E-state index in [0.717, 1.165) is 14.2 Å². The van der Waals surface area contributed by atoms with Crippen LogP contribution in [0.1, 0.15) is 11.5 Å². The number of hydrogen-bond donors (Lipinski definition) is 0. The highest BCUT2D eigenvalue weighted by Crippen LogP contribution is 2.31. The Balaban J connectivity index is 2.51. The summed E-state index contributed by atoms with van der Waals surface area (Å²) in [5.74, 6) is -2.62. The van der Waals surface area contributed by atoms with Gasteiger partial charge in [-0.2, -0.15) is 0 Å². The average Bonchev–Trinajstić information content (AvgIpc) is 2.83. The van der Waals surface area contributed by atoms with E-state index < -0.39 is 24.0 Å². The first-order valence-electron chi connectivity index (χ1n) is 5.92. The molecule has 0 saturated carbocycles. The third-order valence-electron chi connectivity index (χ3n) is 3.04. The predicted molar refractivity (Wildman–Crippen MR) is 71.7 cm³/mol. The zero-order valence-corrected chi connectivity index (χ0v) is 12.0. The van der Waals surface area contributed by atoms with E-state index in [-0.39, 0.29) is 10.6 Å². The van der Waals surface area contributed by atoms with Gasteiger partial charge in [-0.3, -0.25) is 10.0 Å². The number of benzene rings is 1. The number of carbonyl (C=O) groups excluding carboxylic acids is 2. The summed E-state index contributed by atoms with van der Waals surface area (Å²) in [6.45, 7) is 0. The van der Waals surface area contributed by atoms with Gasteiger partial charge in [0.05, 0.1) is 19.1 Å². The molecule has 0 spiro atoms. The smallest absolute Gasteiger partial charge is 0.405 e. The molecule has 2 rings (SSSR count). The Morgan fingerprint density at radius 3 is 2.62 bits per heavy atom. The van der Waals surface area contributed by atoms with Gasteiger partial charge in [0.2, 0.25) is 0 Å². The van der Waals surface area contributed by atoms with Crippen LogP contribution in [0.4, 0.5) is 0 Å². The molecule has 1 heterocycles. The van der Waals surface area contributed by atoms with Crippen molar-refractivity contribution in [2.75, 3.05) is 14.2 Å². The lowest BCUT2D eigenvalue weighted by molar-refractivity contribution is -0.736. The molecule has 0 bridgehead atoms. The van der Waals surface area contributed by atoms with E-state index in [1.165, 1.54) is 6.07 Å². The molecule has 0 aliphatic carbocycles. The fraction of sp³-hybridized carbons (Fsp3) is 0.308. The second-order valence-corrected chi connectivity index (χ2v) is 4.65. The maximum atomic E-state index is 11.8. The lowest BCUT2D eigenvalue weighted by atomic mass is 9.89. The molecule has 0 N–H and O–H groups in total. The predicted octanol–water partition coefficient (Wildman–Crippen LogP) is 1.03. The topological polar surface area (TPSA) is 87.9 Å². The van der Waals surface area contributed by atoms with Crippen molar-refractivity contribution in [1.82, 2.24) is 0 Å². The zero-order chi connectivity index (χ0) is 15.6. The minimum absolute atomic E-state index is 0.0149. The van der Waals surface area contributed by atoms with E-state index in [1.54, 1.807) is 18.2 Å². The first kappa shape index (κ1) is 15.1. The number of nitrogens with zero attached hydrogens (tertiary/aromatic N) is 1. The lowest BCUT2D eigenvalue weighted by Gasteiger charge is -2.16. The summed E-state index contributed by atoms with van der Waals surface area (Å²) in [7, 11) is 2.29. The van der Waals surface area contributed by atoms with Gasteiger partial charge in [0.1, 0.15) is 5.92 Å². The van der Waals surface area contributed by atoms with Gasteiger partial charge in [-0.1, -0.05) is 23.7 Å². The lowest BCUT2D eigenvalue weighted by Crippen LogP contribution is -2.33. The molecule has 1 aromatic rings. The summed E-state index contributed by atoms with van der Waals surface area (Å²) in [6.07, 6.45) is -1.28. The fourth-order valence-corrected chi connectivity index (χ4v) is 2.31. The third-order valence-corrected chi connectivity index (χ3v) is 3.27. The van der Waals surface area contributed by atoms with E-state index in [0.29, 0.717) is 10.6 Å². The highest BCUT2D eigenvalue weighted by Gasteiger charge is 2.50. The summed E-state index contributed by atoms with van der Waals surface area (Å²) >= 11 is 5.91. The number of ether oxygens (including phenoxy) is 2. The third kappa shape index (κ3) is 2.78. The van der Waals surface area contributed by atoms with Crippen LogP contribution in [0.5, 0.6) is 0 Å². The molecule has 1 aliphatic rings. The quantitative estimate of drug-likeness (QED) is 0.612. The van der Waals surface area contributed by atoms with Gasteiger partial charge in [0, 0.05) is 5.02 Å². The molecule has 7 nitrogen and oxygen atoms in total. The molecule has 1 aliphatic heterocycles. The number of carbonyl (C=O) groups is 2. The molecule has 112 valence electrons. The molecule has 0 aromatic heterocycles. The van der Waals surface area contributed by atoms with Crippen molar-refractivity contribution in [1.29, 1.82) is 0 Å². The number of rotatable bonds is 3. The average molecular weight is 314 g/mol. The zero-order valence-electron chi connectivity index (χ0n) is 11.2. The summed E-state index contributed by atoms with van der Waals surface area (Å²) in [4.78, 5) is 28.4. The molecular formula is C13H12ClNO6. The molecule has 0 amide bonds. The first-order valence-corrected chi connectivity index (χ1v) is 6.30. The van der Waals surface area contributed by atoms with E-state index in [9.17, 15) is 14.8 Å². The highest BCUT2D eigenvalue weighted by atomic mass is 35.5. The van der Waals surface area contributed by atoms with Crippen molar-refractivity contribution in [3.8, 4) is 0 Å². The number of methoxy groups -OCH3 is 2. The van der Waals surface area contributed by atoms with Crippen LogP contribution in [0, 0.1) is 5.21 Å². The van der Waals surface area contributed by atoms with Crippen molar-refractivity contribution in [2.24, 2.45) is 0 Å². The van der Waals surface area contributed by atoms with Gasteiger partial charge in [-0.25, -0.2) is 4.79 Å². The van der Waals surface area contributed by atoms with Crippen LogP contribution in [0.25, 0.3) is 0 Å². The summed E-state index contributed by atoms with van der Waals surface area (Å²) < 4.78 is 9.16.